The SMILES string of the molecule is C#Cc1ccc2[nH]c(S(=O)(=O)N3CCN(C(=O)c4ncc(-c5ccncc5)s4)C(CC(=O)NC)C3)cc2c1. The second-order valence-corrected chi connectivity index (χ2v) is 11.7. The van der Waals surface area contributed by atoms with Gasteiger partial charge in [0, 0.05) is 68.2 Å². The first-order valence-corrected chi connectivity index (χ1v) is 14.0. The van der Waals surface area contributed by atoms with Crippen LogP contribution >= 0.6 is 11.3 Å². The topological polar surface area (TPSA) is 128 Å². The van der Waals surface area contributed by atoms with Crippen molar-refractivity contribution in [1.29, 1.82) is 0 Å². The van der Waals surface area contributed by atoms with Crippen molar-refractivity contribution in [2.45, 2.75) is 17.5 Å². The highest BCUT2D eigenvalue weighted by Crippen LogP contribution is 2.29. The van der Waals surface area contributed by atoms with Crippen LogP contribution in [-0.4, -0.2) is 77.1 Å². The van der Waals surface area contributed by atoms with Crippen molar-refractivity contribution in [2.75, 3.05) is 26.7 Å². The van der Waals surface area contributed by atoms with Gasteiger partial charge in [0.2, 0.25) is 5.91 Å². The number of carbonyl (C=O) groups is 2. The lowest BCUT2D eigenvalue weighted by Crippen LogP contribution is -2.57. The molecular weight excluding hydrogens is 524 g/mol. The Morgan fingerprint density at radius 2 is 2.00 bits per heavy atom. The van der Waals surface area contributed by atoms with E-state index in [4.69, 9.17) is 6.42 Å². The molecule has 1 aromatic carbocycles. The Morgan fingerprint density at radius 3 is 2.74 bits per heavy atom. The third-order valence-electron chi connectivity index (χ3n) is 6.44. The third-order valence-corrected chi connectivity index (χ3v) is 9.26. The number of aromatic nitrogens is 3. The van der Waals surface area contributed by atoms with Gasteiger partial charge in [0.15, 0.2) is 5.01 Å². The van der Waals surface area contributed by atoms with Crippen molar-refractivity contribution in [2.24, 2.45) is 0 Å². The van der Waals surface area contributed by atoms with Crippen LogP contribution in [0.4, 0.5) is 0 Å². The normalized spacial score (nSPS) is 16.3. The highest BCUT2D eigenvalue weighted by molar-refractivity contribution is 7.89. The first-order valence-electron chi connectivity index (χ1n) is 11.8. The number of H-pyrrole nitrogens is 1. The molecule has 38 heavy (non-hydrogen) atoms. The number of aromatic amines is 1. The summed E-state index contributed by atoms with van der Waals surface area (Å²) in [5.41, 5.74) is 2.18. The van der Waals surface area contributed by atoms with Crippen LogP contribution in [0.25, 0.3) is 21.3 Å². The fraction of sp³-hybridized carbons (Fsp3) is 0.231. The zero-order chi connectivity index (χ0) is 26.9. The maximum Gasteiger partial charge on any atom is 0.283 e. The van der Waals surface area contributed by atoms with Crippen LogP contribution in [0.3, 0.4) is 0 Å². The second-order valence-electron chi connectivity index (χ2n) is 8.74. The molecule has 4 heterocycles. The average molecular weight is 549 g/mol. The van der Waals surface area contributed by atoms with E-state index < -0.39 is 16.1 Å². The number of hydrogen-bond acceptors (Lipinski definition) is 7. The lowest BCUT2D eigenvalue weighted by molar-refractivity contribution is -0.121. The van der Waals surface area contributed by atoms with Crippen molar-refractivity contribution >= 4 is 44.1 Å². The van der Waals surface area contributed by atoms with Gasteiger partial charge < -0.3 is 15.2 Å². The first kappa shape index (κ1) is 25.6. The number of piperazine rings is 1. The summed E-state index contributed by atoms with van der Waals surface area (Å²) >= 11 is 1.24. The minimum atomic E-state index is -3.93. The fourth-order valence-electron chi connectivity index (χ4n) is 4.42. The predicted molar refractivity (Wildman–Crippen MR) is 144 cm³/mol. The molecule has 0 radical (unpaired) electrons. The number of pyridine rings is 1. The summed E-state index contributed by atoms with van der Waals surface area (Å²) in [5, 5.41) is 3.55. The minimum absolute atomic E-state index is 0.0297. The van der Waals surface area contributed by atoms with Gasteiger partial charge in [-0.2, -0.15) is 4.31 Å². The number of carbonyl (C=O) groups excluding carboxylic acids is 2. The van der Waals surface area contributed by atoms with Crippen LogP contribution < -0.4 is 5.32 Å². The molecule has 1 saturated heterocycles. The van der Waals surface area contributed by atoms with Gasteiger partial charge in [-0.25, -0.2) is 13.4 Å². The van der Waals surface area contributed by atoms with E-state index in [2.05, 4.69) is 26.2 Å². The maximum atomic E-state index is 13.6. The molecule has 0 saturated carbocycles. The monoisotopic (exact) mass is 548 g/mol. The Kier molecular flexibility index (Phi) is 6.98. The van der Waals surface area contributed by atoms with Gasteiger partial charge in [-0.3, -0.25) is 14.6 Å². The molecule has 2 N–H and O–H groups in total. The fourth-order valence-corrected chi connectivity index (χ4v) is 6.78. The molecule has 1 unspecified atom stereocenters. The number of thiazole rings is 1. The Hall–Kier alpha value is -4.05. The molecule has 4 aromatic rings. The minimum Gasteiger partial charge on any atom is -0.359 e. The molecule has 2 amide bonds. The number of amides is 2. The summed E-state index contributed by atoms with van der Waals surface area (Å²) in [4.78, 5) is 39.4. The summed E-state index contributed by atoms with van der Waals surface area (Å²) in [5.74, 6) is 1.91. The molecule has 0 bridgehead atoms. The lowest BCUT2D eigenvalue weighted by atomic mass is 10.1. The molecular formula is C26H24N6O4S2. The molecule has 5 rings (SSSR count). The van der Waals surface area contributed by atoms with Crippen molar-refractivity contribution in [3.63, 3.8) is 0 Å². The van der Waals surface area contributed by atoms with Gasteiger partial charge in [0.1, 0.15) is 5.03 Å². The lowest BCUT2D eigenvalue weighted by Gasteiger charge is -2.40. The van der Waals surface area contributed by atoms with Gasteiger partial charge >= 0.3 is 0 Å². The van der Waals surface area contributed by atoms with Crippen LogP contribution in [0.2, 0.25) is 0 Å². The molecule has 0 spiro atoms. The van der Waals surface area contributed by atoms with Crippen molar-refractivity contribution in [3.05, 3.63) is 65.6 Å². The van der Waals surface area contributed by atoms with E-state index in [1.165, 1.54) is 22.7 Å². The zero-order valence-electron chi connectivity index (χ0n) is 20.4. The van der Waals surface area contributed by atoms with Crippen molar-refractivity contribution < 1.29 is 18.0 Å². The van der Waals surface area contributed by atoms with Crippen LogP contribution in [0.15, 0.2) is 60.0 Å². The number of benzene rings is 1. The van der Waals surface area contributed by atoms with Crippen molar-refractivity contribution in [1.82, 2.24) is 29.5 Å². The predicted octanol–water partition coefficient (Wildman–Crippen LogP) is 2.32. The molecule has 1 aliphatic rings. The van der Waals surface area contributed by atoms with Crippen LogP contribution in [-0.2, 0) is 14.8 Å². The Morgan fingerprint density at radius 1 is 1.21 bits per heavy atom. The quantitative estimate of drug-likeness (QED) is 0.356. The van der Waals surface area contributed by atoms with E-state index in [1.54, 1.807) is 47.8 Å². The number of rotatable bonds is 6. The van der Waals surface area contributed by atoms with E-state index in [1.807, 2.05) is 12.1 Å². The second kappa shape index (κ2) is 10.4. The molecule has 0 aliphatic carbocycles. The van der Waals surface area contributed by atoms with Gasteiger partial charge in [-0.15, -0.1) is 17.8 Å². The number of sulfonamides is 1. The average Bonchev–Trinajstić information content (AvgIpc) is 3.61. The summed E-state index contributed by atoms with van der Waals surface area (Å²) in [7, 11) is -2.42. The van der Waals surface area contributed by atoms with E-state index in [0.717, 1.165) is 10.4 Å². The van der Waals surface area contributed by atoms with Crippen LogP contribution in [0, 0.1) is 12.3 Å². The number of nitrogens with one attached hydrogen (secondary N) is 2. The third kappa shape index (κ3) is 4.91. The first-order chi connectivity index (χ1) is 18.3. The largest absolute Gasteiger partial charge is 0.359 e. The number of nitrogens with zero attached hydrogens (tertiary/aromatic N) is 4. The molecule has 1 fully saturated rings. The standard InChI is InChI=1S/C26H24N6O4S2/c1-3-17-4-5-21-19(12-17)13-24(30-21)38(35,36)31-10-11-32(20(16-31)14-23(33)27-2)26(34)25-29-15-22(37-25)18-6-8-28-9-7-18/h1,4-9,12-13,15,20,30H,10-11,14,16H2,2H3,(H,27,33). The molecule has 1 atom stereocenters. The van der Waals surface area contributed by atoms with E-state index >= 15 is 0 Å². The van der Waals surface area contributed by atoms with E-state index in [-0.39, 0.29) is 47.9 Å². The smallest absolute Gasteiger partial charge is 0.283 e. The zero-order valence-corrected chi connectivity index (χ0v) is 22.1. The molecule has 10 nitrogen and oxygen atoms in total. The highest BCUT2D eigenvalue weighted by Gasteiger charge is 2.38. The number of fused-ring (bicyclic) bond motifs is 1. The van der Waals surface area contributed by atoms with Crippen LogP contribution in [0.1, 0.15) is 21.8 Å². The Balaban J connectivity index is 1.40. The number of hydrogen-bond donors (Lipinski definition) is 2. The molecule has 3 aromatic heterocycles. The summed E-state index contributed by atoms with van der Waals surface area (Å²) in [6.07, 6.45) is 10.4. The van der Waals surface area contributed by atoms with Crippen LogP contribution in [0.5, 0.6) is 0 Å². The summed E-state index contributed by atoms with van der Waals surface area (Å²) < 4.78 is 28.4. The molecule has 194 valence electrons. The van der Waals surface area contributed by atoms with Gasteiger partial charge in [-0.1, -0.05) is 5.92 Å². The van der Waals surface area contributed by atoms with Crippen molar-refractivity contribution in [3.8, 4) is 22.8 Å². The van der Waals surface area contributed by atoms with E-state index in [0.29, 0.717) is 16.5 Å². The van der Waals surface area contributed by atoms with Gasteiger partial charge in [0.05, 0.1) is 10.9 Å². The molecule has 1 aliphatic heterocycles. The van der Waals surface area contributed by atoms with E-state index in [9.17, 15) is 18.0 Å². The Bertz CT molecular complexity index is 1660. The molecule has 12 heteroatoms. The number of terminal acetylenes is 1. The van der Waals surface area contributed by atoms with Gasteiger partial charge in [-0.05, 0) is 42.0 Å². The summed E-state index contributed by atoms with van der Waals surface area (Å²) in [6.45, 7) is 0.159. The summed E-state index contributed by atoms with van der Waals surface area (Å²) in [6, 6.07) is 9.75. The Labute approximate surface area is 223 Å². The maximum absolute atomic E-state index is 13.6. The highest BCUT2D eigenvalue weighted by atomic mass is 32.2. The van der Waals surface area contributed by atoms with Gasteiger partial charge in [0.25, 0.3) is 15.9 Å².